The molecule has 4 fully saturated rings. The molecule has 288 valence electrons. The number of carbonyl (C=O) groups is 2. The summed E-state index contributed by atoms with van der Waals surface area (Å²) in [5, 5.41) is 103. The van der Waals surface area contributed by atoms with Crippen molar-refractivity contribution in [2.75, 3.05) is 13.2 Å². The van der Waals surface area contributed by atoms with Crippen LogP contribution in [0.1, 0.15) is 26.7 Å². The van der Waals surface area contributed by atoms with Crippen LogP contribution in [-0.2, 0) is 42.7 Å². The molecule has 10 N–H and O–H groups in total. The van der Waals surface area contributed by atoms with E-state index in [9.17, 15) is 60.7 Å². The van der Waals surface area contributed by atoms with Crippen molar-refractivity contribution in [1.29, 1.82) is 0 Å². The lowest BCUT2D eigenvalue weighted by Crippen LogP contribution is -2.60. The number of hydrogen-bond acceptors (Lipinski definition) is 18. The summed E-state index contributed by atoms with van der Waals surface area (Å²) in [6.07, 6.45) is -18.1. The van der Waals surface area contributed by atoms with Crippen molar-refractivity contribution in [1.82, 2.24) is 0 Å². The molecule has 4 heterocycles. The highest BCUT2D eigenvalue weighted by Gasteiger charge is 2.55. The van der Waals surface area contributed by atoms with E-state index in [2.05, 4.69) is 0 Å². The molecule has 0 aromatic heterocycles. The Labute approximate surface area is 291 Å². The highest BCUT2D eigenvalue weighted by molar-refractivity contribution is 5.89. The molecule has 2 saturated heterocycles. The molecule has 51 heavy (non-hydrogen) atoms. The first-order chi connectivity index (χ1) is 24.1. The molecule has 6 aliphatic rings. The van der Waals surface area contributed by atoms with Gasteiger partial charge in [0.15, 0.2) is 12.6 Å². The Bertz CT molecular complexity index is 1340. The average molecular weight is 735 g/mol. The van der Waals surface area contributed by atoms with E-state index in [-0.39, 0.29) is 24.0 Å². The van der Waals surface area contributed by atoms with Crippen LogP contribution in [-0.4, -0.2) is 162 Å². The Morgan fingerprint density at radius 1 is 0.667 bits per heavy atom. The van der Waals surface area contributed by atoms with Crippen molar-refractivity contribution in [2.24, 2.45) is 35.5 Å². The second-order valence-corrected chi connectivity index (χ2v) is 14.2. The van der Waals surface area contributed by atoms with Gasteiger partial charge in [0.05, 0.1) is 42.5 Å². The number of aliphatic hydroxyl groups excluding tert-OH is 9. The van der Waals surface area contributed by atoms with Gasteiger partial charge in [-0.25, -0.2) is 9.59 Å². The number of carbonyl (C=O) groups excluding carboxylic acids is 1. The molecular weight excluding hydrogens is 688 g/mol. The molecule has 20 atom stereocenters. The quantitative estimate of drug-likeness (QED) is 0.101. The van der Waals surface area contributed by atoms with Crippen LogP contribution in [0, 0.1) is 35.5 Å². The molecule has 0 spiro atoms. The maximum Gasteiger partial charge on any atom is 0.337 e. The minimum atomic E-state index is -1.82. The number of ether oxygens (including phenoxy) is 7. The summed E-state index contributed by atoms with van der Waals surface area (Å²) < 4.78 is 39.6. The third-order valence-corrected chi connectivity index (χ3v) is 11.3. The predicted octanol–water partition coefficient (Wildman–Crippen LogP) is -4.00. The summed E-state index contributed by atoms with van der Waals surface area (Å²) >= 11 is 0. The Balaban J connectivity index is 1.12. The van der Waals surface area contributed by atoms with Crippen LogP contribution in [0.5, 0.6) is 0 Å². The van der Waals surface area contributed by atoms with Crippen LogP contribution in [0.3, 0.4) is 0 Å². The zero-order valence-electron chi connectivity index (χ0n) is 27.7. The van der Waals surface area contributed by atoms with Gasteiger partial charge in [0.25, 0.3) is 0 Å². The highest BCUT2D eigenvalue weighted by atomic mass is 16.8. The van der Waals surface area contributed by atoms with Gasteiger partial charge in [0.1, 0.15) is 55.4 Å². The van der Waals surface area contributed by atoms with E-state index in [1.165, 1.54) is 0 Å². The molecule has 2 aliphatic carbocycles. The number of carboxylic acid groups (broad SMARTS) is 1. The minimum Gasteiger partial charge on any atom is -0.478 e. The van der Waals surface area contributed by atoms with Crippen molar-refractivity contribution in [3.8, 4) is 0 Å². The fraction of sp³-hybridized carbons (Fsp3) is 0.812. The van der Waals surface area contributed by atoms with Crippen molar-refractivity contribution in [3.05, 3.63) is 23.7 Å². The zero-order chi connectivity index (χ0) is 37.0. The largest absolute Gasteiger partial charge is 0.478 e. The standard InChI is InChI=1S/C32H46O19/c1-9-15(34)3-11-13(27(42)43)6-46-29(19(9)11)51-32-26(41)24(39)22(37)18(49-32)8-45-28(44)14-7-47-30(20-10(2)16(35)4-12(14)20)50-31-25(40)23(38)21(36)17(5-33)48-31/h6-7,9-12,15-26,29-41H,3-5,8H2,1-2H3,(H,42,43)/t9?,10?,11?,12?,15?,16?,17-,18-,19?,20?,21-,22-,23+,24+,25-,26-,29?,30?,31+,32+/m1/s1. The maximum atomic E-state index is 13.4. The molecular formula is C32H46O19. The fourth-order valence-corrected chi connectivity index (χ4v) is 8.20. The second-order valence-electron chi connectivity index (χ2n) is 14.2. The van der Waals surface area contributed by atoms with Crippen molar-refractivity contribution < 1.29 is 93.8 Å². The van der Waals surface area contributed by atoms with E-state index in [1.807, 2.05) is 0 Å². The smallest absolute Gasteiger partial charge is 0.337 e. The van der Waals surface area contributed by atoms with Crippen LogP contribution in [0.15, 0.2) is 23.7 Å². The number of aliphatic carboxylic acids is 1. The lowest BCUT2D eigenvalue weighted by molar-refractivity contribution is -0.343. The zero-order valence-corrected chi connectivity index (χ0v) is 27.7. The fourth-order valence-electron chi connectivity index (χ4n) is 8.20. The van der Waals surface area contributed by atoms with Crippen molar-refractivity contribution in [2.45, 2.75) is 113 Å². The van der Waals surface area contributed by atoms with E-state index in [0.29, 0.717) is 0 Å². The topological polar surface area (TPSA) is 301 Å². The van der Waals surface area contributed by atoms with Gasteiger partial charge >= 0.3 is 11.9 Å². The first kappa shape index (κ1) is 38.2. The van der Waals surface area contributed by atoms with Gasteiger partial charge < -0.3 is 84.2 Å². The summed E-state index contributed by atoms with van der Waals surface area (Å²) in [5.41, 5.74) is -0.0556. The number of hydrogen-bond donors (Lipinski definition) is 10. The van der Waals surface area contributed by atoms with Crippen LogP contribution < -0.4 is 0 Å². The number of rotatable bonds is 9. The first-order valence-electron chi connectivity index (χ1n) is 16.9. The van der Waals surface area contributed by atoms with Gasteiger partial charge in [0, 0.05) is 23.7 Å². The van der Waals surface area contributed by atoms with Crippen LogP contribution >= 0.6 is 0 Å². The maximum absolute atomic E-state index is 13.4. The normalized spacial score (nSPS) is 49.5. The van der Waals surface area contributed by atoms with E-state index in [0.717, 1.165) is 12.5 Å². The predicted molar refractivity (Wildman–Crippen MR) is 161 cm³/mol. The molecule has 2 saturated carbocycles. The second kappa shape index (κ2) is 15.1. The SMILES string of the molecule is CC1C(O)CC2C(C(=O)O)=COC(O[C@@H]3O[C@H](COC(=O)C4=COC(O[C@@H]5O[C@H](CO)[C@@H](O)[C@H](O)[C@H]5O)C5C4CC(O)C5C)[C@@H](O)[C@H](O)[C@H]3O)C21. The van der Waals surface area contributed by atoms with Gasteiger partial charge in [-0.1, -0.05) is 13.8 Å². The van der Waals surface area contributed by atoms with E-state index < -0.39 is 147 Å². The summed E-state index contributed by atoms with van der Waals surface area (Å²) in [7, 11) is 0. The Morgan fingerprint density at radius 2 is 1.12 bits per heavy atom. The average Bonchev–Trinajstić information content (AvgIpc) is 3.57. The van der Waals surface area contributed by atoms with Crippen LogP contribution in [0.25, 0.3) is 0 Å². The molecule has 0 radical (unpaired) electrons. The van der Waals surface area contributed by atoms with Gasteiger partial charge in [-0.3, -0.25) is 0 Å². The third kappa shape index (κ3) is 7.00. The van der Waals surface area contributed by atoms with Crippen molar-refractivity contribution in [3.63, 3.8) is 0 Å². The molecule has 4 aliphatic heterocycles. The lowest BCUT2D eigenvalue weighted by Gasteiger charge is -2.43. The van der Waals surface area contributed by atoms with E-state index in [1.54, 1.807) is 13.8 Å². The summed E-state index contributed by atoms with van der Waals surface area (Å²) in [6, 6.07) is 0. The third-order valence-electron chi connectivity index (χ3n) is 11.3. The van der Waals surface area contributed by atoms with Gasteiger partial charge in [-0.05, 0) is 24.7 Å². The molecule has 0 aromatic carbocycles. The number of carboxylic acids is 1. The Hall–Kier alpha value is -2.50. The molecule has 0 bridgehead atoms. The molecule has 0 amide bonds. The van der Waals surface area contributed by atoms with Gasteiger partial charge in [-0.2, -0.15) is 0 Å². The summed E-state index contributed by atoms with van der Waals surface area (Å²) in [5.74, 6) is -5.80. The van der Waals surface area contributed by atoms with Crippen LogP contribution in [0.2, 0.25) is 0 Å². The molecule has 6 rings (SSSR count). The van der Waals surface area contributed by atoms with Gasteiger partial charge in [-0.15, -0.1) is 0 Å². The lowest BCUT2D eigenvalue weighted by atomic mass is 9.83. The van der Waals surface area contributed by atoms with Crippen molar-refractivity contribution >= 4 is 11.9 Å². The summed E-state index contributed by atoms with van der Waals surface area (Å²) in [4.78, 5) is 25.2. The molecule has 0 aromatic rings. The minimum absolute atomic E-state index is 0.00724. The monoisotopic (exact) mass is 734 g/mol. The first-order valence-corrected chi connectivity index (χ1v) is 16.9. The number of esters is 1. The molecule has 19 heteroatoms. The summed E-state index contributed by atoms with van der Waals surface area (Å²) in [6.45, 7) is 2.07. The van der Waals surface area contributed by atoms with E-state index >= 15 is 0 Å². The molecule has 19 nitrogen and oxygen atoms in total. The number of fused-ring (bicyclic) bond motifs is 2. The van der Waals surface area contributed by atoms with E-state index in [4.69, 9.17) is 33.2 Å². The van der Waals surface area contributed by atoms with Gasteiger partial charge in [0.2, 0.25) is 12.6 Å². The highest BCUT2D eigenvalue weighted by Crippen LogP contribution is 2.49. The molecule has 10 unspecified atom stereocenters. The Morgan fingerprint density at radius 3 is 1.61 bits per heavy atom. The van der Waals surface area contributed by atoms with Crippen LogP contribution in [0.4, 0.5) is 0 Å². The number of aliphatic hydroxyl groups is 9. The Kier molecular flexibility index (Phi) is 11.3.